The van der Waals surface area contributed by atoms with Crippen LogP contribution in [0.4, 0.5) is 0 Å². The second kappa shape index (κ2) is 7.16. The summed E-state index contributed by atoms with van der Waals surface area (Å²) in [6.07, 6.45) is 0.709. The van der Waals surface area contributed by atoms with Gasteiger partial charge in [-0.05, 0) is 35.1 Å². The first-order valence-electron chi connectivity index (χ1n) is 8.83. The van der Waals surface area contributed by atoms with Gasteiger partial charge in [0.1, 0.15) is 5.75 Å². The van der Waals surface area contributed by atoms with Crippen LogP contribution in [0.15, 0.2) is 54.6 Å². The van der Waals surface area contributed by atoms with Crippen LogP contribution in [0.5, 0.6) is 5.75 Å². The first-order chi connectivity index (χ1) is 12.5. The lowest BCUT2D eigenvalue weighted by Gasteiger charge is -2.28. The van der Waals surface area contributed by atoms with Crippen LogP contribution in [-0.4, -0.2) is 17.5 Å². The van der Waals surface area contributed by atoms with Crippen molar-refractivity contribution in [3.05, 3.63) is 54.6 Å². The van der Waals surface area contributed by atoms with E-state index >= 15 is 0 Å². The highest BCUT2D eigenvalue weighted by Crippen LogP contribution is 2.35. The van der Waals surface area contributed by atoms with E-state index in [-0.39, 0.29) is 0 Å². The number of esters is 2. The van der Waals surface area contributed by atoms with E-state index in [1.807, 2.05) is 68.4 Å². The molecule has 0 aliphatic rings. The Morgan fingerprint density at radius 1 is 0.885 bits per heavy atom. The van der Waals surface area contributed by atoms with Gasteiger partial charge in [0.05, 0.1) is 0 Å². The zero-order chi connectivity index (χ0) is 18.7. The zero-order valence-electron chi connectivity index (χ0n) is 15.2. The van der Waals surface area contributed by atoms with Crippen molar-refractivity contribution in [1.82, 2.24) is 0 Å². The number of fused-ring (bicyclic) bond motifs is 3. The Balaban J connectivity index is 2.09. The Hall–Kier alpha value is -2.88. The Bertz CT molecular complexity index is 970. The van der Waals surface area contributed by atoms with E-state index in [4.69, 9.17) is 9.47 Å². The van der Waals surface area contributed by atoms with Gasteiger partial charge < -0.3 is 9.47 Å². The SMILES string of the molecule is CCC(CC)(OC(C)=O)C(=O)Oc1cc2ccccc2c2ccccc12. The molecule has 0 N–H and O–H groups in total. The summed E-state index contributed by atoms with van der Waals surface area (Å²) in [6.45, 7) is 4.93. The van der Waals surface area contributed by atoms with Crippen LogP contribution < -0.4 is 4.74 Å². The first kappa shape index (κ1) is 17.9. The van der Waals surface area contributed by atoms with Crippen LogP contribution in [-0.2, 0) is 14.3 Å². The maximum Gasteiger partial charge on any atom is 0.355 e. The monoisotopic (exact) mass is 350 g/mol. The lowest BCUT2D eigenvalue weighted by Crippen LogP contribution is -2.44. The standard InChI is InChI=1S/C22H22O4/c1-4-22(5-2,26-15(3)23)21(24)25-20-14-16-10-6-7-11-17(16)18-12-8-9-13-19(18)20/h6-14H,4-5H2,1-3H3. The van der Waals surface area contributed by atoms with Crippen molar-refractivity contribution in [3.8, 4) is 5.75 Å². The number of benzene rings is 3. The molecule has 0 saturated heterocycles. The molecular weight excluding hydrogens is 328 g/mol. The van der Waals surface area contributed by atoms with Crippen molar-refractivity contribution in [3.63, 3.8) is 0 Å². The van der Waals surface area contributed by atoms with Gasteiger partial charge in [-0.25, -0.2) is 4.79 Å². The lowest BCUT2D eigenvalue weighted by molar-refractivity contribution is -0.176. The van der Waals surface area contributed by atoms with Crippen LogP contribution in [0.3, 0.4) is 0 Å². The molecular formula is C22H22O4. The topological polar surface area (TPSA) is 52.6 Å². The van der Waals surface area contributed by atoms with E-state index in [1.54, 1.807) is 0 Å². The van der Waals surface area contributed by atoms with Gasteiger partial charge in [-0.1, -0.05) is 62.4 Å². The predicted molar refractivity (Wildman–Crippen MR) is 102 cm³/mol. The van der Waals surface area contributed by atoms with Crippen molar-refractivity contribution in [1.29, 1.82) is 0 Å². The molecule has 4 heteroatoms. The number of hydrogen-bond acceptors (Lipinski definition) is 4. The van der Waals surface area contributed by atoms with Gasteiger partial charge in [-0.15, -0.1) is 0 Å². The second-order valence-corrected chi connectivity index (χ2v) is 6.33. The molecule has 0 spiro atoms. The molecule has 4 nitrogen and oxygen atoms in total. The molecule has 0 unspecified atom stereocenters. The summed E-state index contributed by atoms with van der Waals surface area (Å²) in [7, 11) is 0. The van der Waals surface area contributed by atoms with Crippen molar-refractivity contribution in [2.45, 2.75) is 39.2 Å². The van der Waals surface area contributed by atoms with Crippen molar-refractivity contribution in [2.75, 3.05) is 0 Å². The molecule has 0 amide bonds. The number of carbonyl (C=O) groups is 2. The maximum absolute atomic E-state index is 12.9. The third kappa shape index (κ3) is 3.15. The minimum Gasteiger partial charge on any atom is -0.447 e. The van der Waals surface area contributed by atoms with Crippen LogP contribution in [0.25, 0.3) is 21.5 Å². The lowest BCUT2D eigenvalue weighted by atomic mass is 9.97. The number of ether oxygens (including phenoxy) is 2. The second-order valence-electron chi connectivity index (χ2n) is 6.33. The summed E-state index contributed by atoms with van der Waals surface area (Å²) < 4.78 is 11.1. The molecule has 0 fully saturated rings. The van der Waals surface area contributed by atoms with E-state index in [2.05, 4.69) is 0 Å². The third-order valence-electron chi connectivity index (χ3n) is 4.79. The van der Waals surface area contributed by atoms with Gasteiger partial charge in [-0.2, -0.15) is 0 Å². The third-order valence-corrected chi connectivity index (χ3v) is 4.79. The summed E-state index contributed by atoms with van der Waals surface area (Å²) in [6, 6.07) is 17.6. The van der Waals surface area contributed by atoms with E-state index in [9.17, 15) is 9.59 Å². The summed E-state index contributed by atoms with van der Waals surface area (Å²) in [5.74, 6) is -0.560. The van der Waals surface area contributed by atoms with Crippen LogP contribution in [0.1, 0.15) is 33.6 Å². The van der Waals surface area contributed by atoms with Crippen LogP contribution in [0.2, 0.25) is 0 Å². The summed E-state index contributed by atoms with van der Waals surface area (Å²) in [5.41, 5.74) is -1.27. The first-order valence-corrected chi connectivity index (χ1v) is 8.83. The highest BCUT2D eigenvalue weighted by molar-refractivity contribution is 6.10. The Labute approximate surface area is 152 Å². The van der Waals surface area contributed by atoms with E-state index < -0.39 is 17.5 Å². The minimum atomic E-state index is -1.27. The Kier molecular flexibility index (Phi) is 4.94. The normalized spacial score (nSPS) is 11.5. The van der Waals surface area contributed by atoms with Gasteiger partial charge in [-0.3, -0.25) is 4.79 Å². The molecule has 3 aromatic carbocycles. The average Bonchev–Trinajstić information content (AvgIpc) is 2.66. The molecule has 26 heavy (non-hydrogen) atoms. The number of carbonyl (C=O) groups excluding carboxylic acids is 2. The molecule has 3 aromatic rings. The Morgan fingerprint density at radius 2 is 1.46 bits per heavy atom. The molecule has 0 atom stereocenters. The molecule has 0 heterocycles. The quantitative estimate of drug-likeness (QED) is 0.368. The van der Waals surface area contributed by atoms with Gasteiger partial charge in [0.2, 0.25) is 5.60 Å². The molecule has 3 rings (SSSR count). The Morgan fingerprint density at radius 3 is 2.08 bits per heavy atom. The van der Waals surface area contributed by atoms with Crippen molar-refractivity contribution in [2.24, 2.45) is 0 Å². The van der Waals surface area contributed by atoms with E-state index in [1.165, 1.54) is 6.92 Å². The largest absolute Gasteiger partial charge is 0.447 e. The van der Waals surface area contributed by atoms with Crippen LogP contribution in [0, 0.1) is 0 Å². The van der Waals surface area contributed by atoms with E-state index in [0.717, 1.165) is 21.5 Å². The van der Waals surface area contributed by atoms with Gasteiger partial charge in [0.25, 0.3) is 0 Å². The smallest absolute Gasteiger partial charge is 0.355 e. The number of hydrogen-bond donors (Lipinski definition) is 0. The van der Waals surface area contributed by atoms with Crippen molar-refractivity contribution >= 4 is 33.5 Å². The summed E-state index contributed by atoms with van der Waals surface area (Å²) >= 11 is 0. The van der Waals surface area contributed by atoms with Crippen LogP contribution >= 0.6 is 0 Å². The minimum absolute atomic E-state index is 0.355. The highest BCUT2D eigenvalue weighted by atomic mass is 16.6. The molecule has 0 bridgehead atoms. The summed E-state index contributed by atoms with van der Waals surface area (Å²) in [4.78, 5) is 24.4. The van der Waals surface area contributed by atoms with Gasteiger partial charge in [0.15, 0.2) is 0 Å². The highest BCUT2D eigenvalue weighted by Gasteiger charge is 2.40. The fraction of sp³-hybridized carbons (Fsp3) is 0.273. The summed E-state index contributed by atoms with van der Waals surface area (Å²) in [5, 5.41) is 3.95. The molecule has 0 aliphatic carbocycles. The molecule has 134 valence electrons. The van der Waals surface area contributed by atoms with Gasteiger partial charge >= 0.3 is 11.9 Å². The fourth-order valence-corrected chi connectivity index (χ4v) is 3.30. The van der Waals surface area contributed by atoms with Crippen molar-refractivity contribution < 1.29 is 19.1 Å². The predicted octanol–water partition coefficient (Wildman–Crippen LogP) is 5.02. The van der Waals surface area contributed by atoms with Gasteiger partial charge in [0, 0.05) is 12.3 Å². The fourth-order valence-electron chi connectivity index (χ4n) is 3.30. The number of rotatable bonds is 5. The molecule has 0 saturated carbocycles. The molecule has 0 aliphatic heterocycles. The zero-order valence-corrected chi connectivity index (χ0v) is 15.2. The average molecular weight is 350 g/mol. The maximum atomic E-state index is 12.9. The molecule has 0 aromatic heterocycles. The van der Waals surface area contributed by atoms with E-state index in [0.29, 0.717) is 18.6 Å². The molecule has 0 radical (unpaired) electrons.